The molecular weight excluding hydrogens is 307 g/mol. The molecule has 0 saturated carbocycles. The minimum Gasteiger partial charge on any atom is -0.477 e. The molecule has 0 aliphatic rings. The first-order valence-electron chi connectivity index (χ1n) is 5.70. The number of rotatable bonds is 5. The molecule has 0 aliphatic heterocycles. The van der Waals surface area contributed by atoms with Crippen molar-refractivity contribution in [1.82, 2.24) is 9.97 Å². The average Bonchev–Trinajstić information content (AvgIpc) is 2.41. The third-order valence-corrected chi connectivity index (χ3v) is 3.40. The largest absolute Gasteiger partial charge is 0.477 e. The van der Waals surface area contributed by atoms with Crippen LogP contribution < -0.4 is 4.74 Å². The molecule has 19 heavy (non-hydrogen) atoms. The third-order valence-electron chi connectivity index (χ3n) is 2.45. The van der Waals surface area contributed by atoms with Crippen molar-refractivity contribution >= 4 is 34.8 Å². The van der Waals surface area contributed by atoms with Crippen molar-refractivity contribution in [2.75, 3.05) is 6.61 Å². The van der Waals surface area contributed by atoms with E-state index in [9.17, 15) is 0 Å². The van der Waals surface area contributed by atoms with Gasteiger partial charge in [0.25, 0.3) is 0 Å². The Morgan fingerprint density at radius 1 is 1.05 bits per heavy atom. The van der Waals surface area contributed by atoms with Gasteiger partial charge in [0, 0.05) is 12.4 Å². The molecule has 100 valence electrons. The summed E-state index contributed by atoms with van der Waals surface area (Å²) in [7, 11) is 0. The molecule has 0 unspecified atom stereocenters. The van der Waals surface area contributed by atoms with Crippen LogP contribution in [-0.4, -0.2) is 16.6 Å². The van der Waals surface area contributed by atoms with Crippen LogP contribution in [0.25, 0.3) is 0 Å². The summed E-state index contributed by atoms with van der Waals surface area (Å²) in [5, 5.41) is 0.865. The van der Waals surface area contributed by atoms with Gasteiger partial charge in [-0.15, -0.1) is 0 Å². The molecule has 0 amide bonds. The molecular formula is C13H11Cl3N2O. The second-order valence-corrected chi connectivity index (χ2v) is 5.03. The summed E-state index contributed by atoms with van der Waals surface area (Å²) >= 11 is 17.6. The molecule has 0 fully saturated rings. The van der Waals surface area contributed by atoms with Crippen molar-refractivity contribution in [2.45, 2.75) is 12.8 Å². The van der Waals surface area contributed by atoms with E-state index in [1.807, 2.05) is 12.1 Å². The van der Waals surface area contributed by atoms with E-state index in [1.165, 1.54) is 11.6 Å². The molecule has 2 aromatic heterocycles. The van der Waals surface area contributed by atoms with Gasteiger partial charge in [0.05, 0.1) is 11.6 Å². The van der Waals surface area contributed by atoms with Crippen LogP contribution in [0.5, 0.6) is 5.88 Å². The molecule has 3 nitrogen and oxygen atoms in total. The molecule has 0 aliphatic carbocycles. The summed E-state index contributed by atoms with van der Waals surface area (Å²) in [5.74, 6) is 0.311. The van der Waals surface area contributed by atoms with Gasteiger partial charge in [-0.2, -0.15) is 4.98 Å². The highest BCUT2D eigenvalue weighted by Crippen LogP contribution is 2.30. The number of pyridine rings is 2. The number of hydrogen-bond donors (Lipinski definition) is 0. The van der Waals surface area contributed by atoms with Crippen LogP contribution in [-0.2, 0) is 6.42 Å². The molecule has 2 rings (SSSR count). The lowest BCUT2D eigenvalue weighted by Crippen LogP contribution is -2.01. The molecule has 0 bridgehead atoms. The molecule has 0 aromatic carbocycles. The molecule has 0 spiro atoms. The number of ether oxygens (including phenoxy) is 1. The molecule has 0 radical (unpaired) electrons. The topological polar surface area (TPSA) is 35.0 Å². The maximum atomic E-state index is 5.96. The highest BCUT2D eigenvalue weighted by atomic mass is 35.5. The van der Waals surface area contributed by atoms with Crippen molar-refractivity contribution in [3.8, 4) is 5.88 Å². The fraction of sp³-hybridized carbons (Fsp3) is 0.231. The zero-order chi connectivity index (χ0) is 13.7. The zero-order valence-corrected chi connectivity index (χ0v) is 12.2. The Morgan fingerprint density at radius 2 is 1.79 bits per heavy atom. The molecule has 0 atom stereocenters. The first-order valence-corrected chi connectivity index (χ1v) is 6.83. The van der Waals surface area contributed by atoms with Gasteiger partial charge < -0.3 is 4.74 Å². The molecule has 6 heteroatoms. The van der Waals surface area contributed by atoms with Crippen molar-refractivity contribution in [3.63, 3.8) is 0 Å². The van der Waals surface area contributed by atoms with Gasteiger partial charge in [-0.05, 0) is 36.6 Å². The average molecular weight is 318 g/mol. The minimum absolute atomic E-state index is 0.190. The second-order valence-electron chi connectivity index (χ2n) is 3.86. The predicted molar refractivity (Wildman–Crippen MR) is 77.3 cm³/mol. The van der Waals surface area contributed by atoms with Gasteiger partial charge in [0.15, 0.2) is 5.15 Å². The van der Waals surface area contributed by atoms with Gasteiger partial charge in [-0.25, -0.2) is 0 Å². The summed E-state index contributed by atoms with van der Waals surface area (Å²) in [6.45, 7) is 0.507. The summed E-state index contributed by atoms with van der Waals surface area (Å²) in [6.07, 6.45) is 5.30. The minimum atomic E-state index is 0.190. The fourth-order valence-corrected chi connectivity index (χ4v) is 2.07. The predicted octanol–water partition coefficient (Wildman–Crippen LogP) is 4.45. The van der Waals surface area contributed by atoms with Crippen molar-refractivity contribution in [3.05, 3.63) is 51.4 Å². The number of aryl methyl sites for hydroxylation is 1. The Balaban J connectivity index is 1.85. The Hall–Kier alpha value is -1.03. The monoisotopic (exact) mass is 316 g/mol. The molecule has 0 N–H and O–H groups in total. The summed E-state index contributed by atoms with van der Waals surface area (Å²) in [5.41, 5.74) is 1.21. The summed E-state index contributed by atoms with van der Waals surface area (Å²) in [4.78, 5) is 7.95. The molecule has 2 aromatic rings. The lowest BCUT2D eigenvalue weighted by atomic mass is 10.1. The van der Waals surface area contributed by atoms with Crippen molar-refractivity contribution in [1.29, 1.82) is 0 Å². The van der Waals surface area contributed by atoms with E-state index in [4.69, 9.17) is 39.5 Å². The van der Waals surface area contributed by atoms with Crippen LogP contribution in [0.2, 0.25) is 15.2 Å². The van der Waals surface area contributed by atoms with E-state index < -0.39 is 0 Å². The first-order chi connectivity index (χ1) is 9.16. The Bertz CT molecular complexity index is 549. The number of aromatic nitrogens is 2. The lowest BCUT2D eigenvalue weighted by molar-refractivity contribution is 0.299. The third kappa shape index (κ3) is 4.23. The van der Waals surface area contributed by atoms with E-state index >= 15 is 0 Å². The maximum Gasteiger partial charge on any atom is 0.234 e. The smallest absolute Gasteiger partial charge is 0.234 e. The van der Waals surface area contributed by atoms with Crippen molar-refractivity contribution < 1.29 is 4.74 Å². The molecule has 0 saturated heterocycles. The normalized spacial score (nSPS) is 10.5. The Labute approximate surface area is 126 Å². The van der Waals surface area contributed by atoms with Crippen LogP contribution in [0.15, 0.2) is 30.6 Å². The van der Waals surface area contributed by atoms with Gasteiger partial charge in [0.1, 0.15) is 5.02 Å². The number of nitrogens with zero attached hydrogens (tertiary/aromatic N) is 2. The van der Waals surface area contributed by atoms with E-state index in [1.54, 1.807) is 12.4 Å². The van der Waals surface area contributed by atoms with Crippen LogP contribution in [0, 0.1) is 0 Å². The van der Waals surface area contributed by atoms with E-state index in [0.717, 1.165) is 12.8 Å². The van der Waals surface area contributed by atoms with Crippen LogP contribution in [0.1, 0.15) is 12.0 Å². The van der Waals surface area contributed by atoms with Gasteiger partial charge in [-0.1, -0.05) is 34.8 Å². The van der Waals surface area contributed by atoms with Crippen LogP contribution in [0.3, 0.4) is 0 Å². The van der Waals surface area contributed by atoms with E-state index in [2.05, 4.69) is 9.97 Å². The lowest BCUT2D eigenvalue weighted by Gasteiger charge is -2.08. The standard InChI is InChI=1S/C13H11Cl3N2O/c14-10-8-11(15)13(18-12(10)16)19-7-1-2-9-3-5-17-6-4-9/h3-6,8H,1-2,7H2. The quantitative estimate of drug-likeness (QED) is 0.603. The van der Waals surface area contributed by atoms with Gasteiger partial charge in [0.2, 0.25) is 5.88 Å². The SMILES string of the molecule is Clc1cc(Cl)c(OCCCc2ccncc2)nc1Cl. The maximum absolute atomic E-state index is 5.96. The Kier molecular flexibility index (Phi) is 5.25. The van der Waals surface area contributed by atoms with Gasteiger partial charge in [-0.3, -0.25) is 4.98 Å². The number of hydrogen-bond acceptors (Lipinski definition) is 3. The number of halogens is 3. The first kappa shape index (κ1) is 14.4. The van der Waals surface area contributed by atoms with E-state index in [0.29, 0.717) is 22.5 Å². The summed E-state index contributed by atoms with van der Waals surface area (Å²) in [6, 6.07) is 5.48. The highest BCUT2D eigenvalue weighted by molar-refractivity contribution is 6.42. The highest BCUT2D eigenvalue weighted by Gasteiger charge is 2.08. The second kappa shape index (κ2) is 6.94. The summed E-state index contributed by atoms with van der Waals surface area (Å²) < 4.78 is 5.49. The van der Waals surface area contributed by atoms with Crippen LogP contribution in [0.4, 0.5) is 0 Å². The Morgan fingerprint density at radius 3 is 2.53 bits per heavy atom. The van der Waals surface area contributed by atoms with E-state index in [-0.39, 0.29) is 5.15 Å². The fourth-order valence-electron chi connectivity index (χ4n) is 1.52. The van der Waals surface area contributed by atoms with Crippen LogP contribution >= 0.6 is 34.8 Å². The van der Waals surface area contributed by atoms with Gasteiger partial charge >= 0.3 is 0 Å². The van der Waals surface area contributed by atoms with Crippen molar-refractivity contribution in [2.24, 2.45) is 0 Å². The zero-order valence-electron chi connectivity index (χ0n) is 9.94. The molecule has 2 heterocycles.